The standard InChI is InChI=1S/C19H29N3O2.HI/c1-4-12-21-18(20-3)22-15-19(10-13-23-14-11-19)16-6-8-17(9-7-16)24-5-2;/h4,6-9H,1,5,10-15H2,2-3H3,(H2,20,21,22);1H. The van der Waals surface area contributed by atoms with Crippen LogP contribution >= 0.6 is 24.0 Å². The van der Waals surface area contributed by atoms with Crippen LogP contribution in [0.2, 0.25) is 0 Å². The lowest BCUT2D eigenvalue weighted by atomic mass is 9.74. The molecule has 0 atom stereocenters. The van der Waals surface area contributed by atoms with E-state index >= 15 is 0 Å². The van der Waals surface area contributed by atoms with E-state index in [-0.39, 0.29) is 29.4 Å². The van der Waals surface area contributed by atoms with Crippen LogP contribution < -0.4 is 15.4 Å². The van der Waals surface area contributed by atoms with E-state index in [1.807, 2.05) is 13.0 Å². The second-order valence-electron chi connectivity index (χ2n) is 5.95. The van der Waals surface area contributed by atoms with E-state index in [1.165, 1.54) is 5.56 Å². The molecule has 2 N–H and O–H groups in total. The van der Waals surface area contributed by atoms with Gasteiger partial charge < -0.3 is 20.1 Å². The number of guanidine groups is 1. The molecule has 0 aliphatic carbocycles. The van der Waals surface area contributed by atoms with Crippen LogP contribution in [0.25, 0.3) is 0 Å². The highest BCUT2D eigenvalue weighted by Crippen LogP contribution is 2.35. The Bertz CT molecular complexity index is 540. The third-order valence-electron chi connectivity index (χ3n) is 4.46. The molecule has 1 aliphatic heterocycles. The van der Waals surface area contributed by atoms with Crippen molar-refractivity contribution in [1.82, 2.24) is 10.6 Å². The molecule has 1 fully saturated rings. The number of halogens is 1. The van der Waals surface area contributed by atoms with Crippen molar-refractivity contribution in [3.8, 4) is 5.75 Å². The van der Waals surface area contributed by atoms with Crippen molar-refractivity contribution in [3.63, 3.8) is 0 Å². The number of hydrogen-bond donors (Lipinski definition) is 2. The Hall–Kier alpha value is -1.28. The zero-order valence-electron chi connectivity index (χ0n) is 15.2. The summed E-state index contributed by atoms with van der Waals surface area (Å²) < 4.78 is 11.2. The van der Waals surface area contributed by atoms with Crippen molar-refractivity contribution in [3.05, 3.63) is 42.5 Å². The number of benzene rings is 1. The van der Waals surface area contributed by atoms with Gasteiger partial charge in [-0.1, -0.05) is 18.2 Å². The second kappa shape index (κ2) is 11.4. The topological polar surface area (TPSA) is 54.9 Å². The Morgan fingerprint density at radius 3 is 2.52 bits per heavy atom. The fourth-order valence-corrected chi connectivity index (χ4v) is 3.04. The zero-order chi connectivity index (χ0) is 17.3. The van der Waals surface area contributed by atoms with Gasteiger partial charge in [0, 0.05) is 38.8 Å². The van der Waals surface area contributed by atoms with Gasteiger partial charge in [0.05, 0.1) is 6.61 Å². The molecule has 6 heteroatoms. The summed E-state index contributed by atoms with van der Waals surface area (Å²) in [4.78, 5) is 4.27. The smallest absolute Gasteiger partial charge is 0.191 e. The summed E-state index contributed by atoms with van der Waals surface area (Å²) in [6.45, 7) is 9.50. The molecule has 0 amide bonds. The molecular weight excluding hydrogens is 429 g/mol. The van der Waals surface area contributed by atoms with Gasteiger partial charge in [0.1, 0.15) is 5.75 Å². The Balaban J connectivity index is 0.00000312. The molecule has 1 aliphatic rings. The number of hydrogen-bond acceptors (Lipinski definition) is 3. The molecule has 1 aromatic carbocycles. The Labute approximate surface area is 168 Å². The van der Waals surface area contributed by atoms with Gasteiger partial charge in [-0.05, 0) is 37.5 Å². The first kappa shape index (κ1) is 21.8. The maximum atomic E-state index is 5.59. The van der Waals surface area contributed by atoms with E-state index in [9.17, 15) is 0 Å². The molecule has 2 rings (SSSR count). The molecule has 1 heterocycles. The first-order valence-corrected chi connectivity index (χ1v) is 8.60. The lowest BCUT2D eigenvalue weighted by Crippen LogP contribution is -2.48. The summed E-state index contributed by atoms with van der Waals surface area (Å²) in [7, 11) is 1.78. The second-order valence-corrected chi connectivity index (χ2v) is 5.95. The van der Waals surface area contributed by atoms with Gasteiger partial charge in [0.15, 0.2) is 5.96 Å². The van der Waals surface area contributed by atoms with Crippen molar-refractivity contribution >= 4 is 29.9 Å². The fourth-order valence-electron chi connectivity index (χ4n) is 3.04. The third-order valence-corrected chi connectivity index (χ3v) is 4.46. The lowest BCUT2D eigenvalue weighted by molar-refractivity contribution is 0.0513. The largest absolute Gasteiger partial charge is 0.494 e. The van der Waals surface area contributed by atoms with Gasteiger partial charge in [-0.25, -0.2) is 0 Å². The van der Waals surface area contributed by atoms with Crippen molar-refractivity contribution in [2.24, 2.45) is 4.99 Å². The minimum Gasteiger partial charge on any atom is -0.494 e. The number of nitrogens with one attached hydrogen (secondary N) is 2. The molecule has 1 aromatic rings. The van der Waals surface area contributed by atoms with Crippen molar-refractivity contribution in [1.29, 1.82) is 0 Å². The predicted molar refractivity (Wildman–Crippen MR) is 114 cm³/mol. The van der Waals surface area contributed by atoms with Crippen molar-refractivity contribution < 1.29 is 9.47 Å². The highest BCUT2D eigenvalue weighted by molar-refractivity contribution is 14.0. The maximum absolute atomic E-state index is 5.59. The van der Waals surface area contributed by atoms with Crippen LogP contribution in [0.5, 0.6) is 5.75 Å². The average molecular weight is 459 g/mol. The molecule has 0 bridgehead atoms. The van der Waals surface area contributed by atoms with Gasteiger partial charge in [-0.2, -0.15) is 0 Å². The first-order chi connectivity index (χ1) is 11.7. The molecule has 0 aromatic heterocycles. The highest BCUT2D eigenvalue weighted by atomic mass is 127. The van der Waals surface area contributed by atoms with Gasteiger partial charge in [-0.3, -0.25) is 4.99 Å². The van der Waals surface area contributed by atoms with Crippen LogP contribution in [0.3, 0.4) is 0 Å². The van der Waals surface area contributed by atoms with E-state index in [4.69, 9.17) is 9.47 Å². The van der Waals surface area contributed by atoms with Gasteiger partial charge in [0.2, 0.25) is 0 Å². The van der Waals surface area contributed by atoms with Gasteiger partial charge in [-0.15, -0.1) is 30.6 Å². The Morgan fingerprint density at radius 2 is 1.96 bits per heavy atom. The predicted octanol–water partition coefficient (Wildman–Crippen LogP) is 3.10. The molecule has 0 saturated carbocycles. The minimum atomic E-state index is 0. The molecule has 0 radical (unpaired) electrons. The van der Waals surface area contributed by atoms with Crippen LogP contribution in [-0.2, 0) is 10.2 Å². The number of nitrogens with zero attached hydrogens (tertiary/aromatic N) is 1. The normalized spacial score (nSPS) is 16.5. The quantitative estimate of drug-likeness (QED) is 0.285. The summed E-state index contributed by atoms with van der Waals surface area (Å²) in [6.07, 6.45) is 3.81. The monoisotopic (exact) mass is 459 g/mol. The zero-order valence-corrected chi connectivity index (χ0v) is 17.5. The summed E-state index contributed by atoms with van der Waals surface area (Å²) >= 11 is 0. The Kier molecular flexibility index (Phi) is 9.89. The molecule has 0 unspecified atom stereocenters. The van der Waals surface area contributed by atoms with Crippen molar-refractivity contribution in [2.45, 2.75) is 25.2 Å². The van der Waals surface area contributed by atoms with E-state index in [0.29, 0.717) is 13.2 Å². The first-order valence-electron chi connectivity index (χ1n) is 8.60. The van der Waals surface area contributed by atoms with E-state index in [0.717, 1.165) is 44.3 Å². The van der Waals surface area contributed by atoms with Crippen LogP contribution in [-0.4, -0.2) is 45.9 Å². The molecule has 5 nitrogen and oxygen atoms in total. The number of ether oxygens (including phenoxy) is 2. The lowest BCUT2D eigenvalue weighted by Gasteiger charge is -2.38. The van der Waals surface area contributed by atoms with E-state index in [1.54, 1.807) is 7.05 Å². The summed E-state index contributed by atoms with van der Waals surface area (Å²) in [5, 5.41) is 6.68. The van der Waals surface area contributed by atoms with Gasteiger partial charge in [0.25, 0.3) is 0 Å². The fraction of sp³-hybridized carbons (Fsp3) is 0.526. The highest BCUT2D eigenvalue weighted by Gasteiger charge is 2.34. The Morgan fingerprint density at radius 1 is 1.28 bits per heavy atom. The van der Waals surface area contributed by atoms with Crippen molar-refractivity contribution in [2.75, 3.05) is 40.0 Å². The van der Waals surface area contributed by atoms with Crippen LogP contribution in [0, 0.1) is 0 Å². The van der Waals surface area contributed by atoms with Crippen LogP contribution in [0.1, 0.15) is 25.3 Å². The minimum absolute atomic E-state index is 0. The summed E-state index contributed by atoms with van der Waals surface area (Å²) in [5.74, 6) is 1.71. The molecule has 0 spiro atoms. The average Bonchev–Trinajstić information content (AvgIpc) is 2.63. The third kappa shape index (κ3) is 6.18. The van der Waals surface area contributed by atoms with E-state index in [2.05, 4.69) is 46.5 Å². The number of aliphatic imine (C=N–C) groups is 1. The SMILES string of the molecule is C=CCNC(=NC)NCC1(c2ccc(OCC)cc2)CCOCC1.I. The maximum Gasteiger partial charge on any atom is 0.191 e. The summed E-state index contributed by atoms with van der Waals surface area (Å²) in [6, 6.07) is 8.47. The van der Waals surface area contributed by atoms with E-state index < -0.39 is 0 Å². The summed E-state index contributed by atoms with van der Waals surface area (Å²) in [5.41, 5.74) is 1.37. The number of rotatable bonds is 7. The van der Waals surface area contributed by atoms with Gasteiger partial charge >= 0.3 is 0 Å². The molecule has 1 saturated heterocycles. The molecular formula is C19H30IN3O2. The van der Waals surface area contributed by atoms with Crippen LogP contribution in [0.4, 0.5) is 0 Å². The molecule has 140 valence electrons. The van der Waals surface area contributed by atoms with Crippen LogP contribution in [0.15, 0.2) is 41.9 Å². The molecule has 25 heavy (non-hydrogen) atoms.